The number of hydrogen-bond acceptors (Lipinski definition) is 1. The summed E-state index contributed by atoms with van der Waals surface area (Å²) in [7, 11) is 0. The molecule has 3 nitrogen and oxygen atoms in total. The maximum atomic E-state index is 12.4. The summed E-state index contributed by atoms with van der Waals surface area (Å²) in [6.45, 7) is 4.46. The Bertz CT molecular complexity index is 650. The Morgan fingerprint density at radius 2 is 2.18 bits per heavy atom. The lowest BCUT2D eigenvalue weighted by Gasteiger charge is -2.23. The van der Waals surface area contributed by atoms with Crippen LogP contribution in [0.1, 0.15) is 12.0 Å². The molecule has 0 radical (unpaired) electrons. The van der Waals surface area contributed by atoms with Gasteiger partial charge in [-0.25, -0.2) is 4.79 Å². The molecule has 0 bridgehead atoms. The first kappa shape index (κ1) is 15.7. The number of aryl methyl sites for hydroxylation is 1. The Labute approximate surface area is 132 Å². The normalized spacial score (nSPS) is 16.0. The molecule has 1 aliphatic rings. The van der Waals surface area contributed by atoms with Crippen molar-refractivity contribution in [2.45, 2.75) is 12.8 Å². The van der Waals surface area contributed by atoms with E-state index in [1.165, 1.54) is 11.1 Å². The van der Waals surface area contributed by atoms with E-state index >= 15 is 0 Å². The van der Waals surface area contributed by atoms with Crippen LogP contribution in [0, 0.1) is 12.3 Å². The van der Waals surface area contributed by atoms with Crippen molar-refractivity contribution in [1.29, 1.82) is 0 Å². The first-order valence-corrected chi connectivity index (χ1v) is 7.30. The second-order valence-electron chi connectivity index (χ2n) is 5.02. The highest BCUT2D eigenvalue weighted by Gasteiger charge is 2.22. The van der Waals surface area contributed by atoms with Crippen molar-refractivity contribution >= 4 is 11.7 Å². The number of carbonyl (C=O) groups excluding carboxylic acids is 1. The molecule has 0 spiro atoms. The van der Waals surface area contributed by atoms with Gasteiger partial charge in [-0.05, 0) is 24.5 Å². The molecule has 22 heavy (non-hydrogen) atoms. The third-order valence-corrected chi connectivity index (χ3v) is 3.53. The molecule has 0 saturated heterocycles. The van der Waals surface area contributed by atoms with Crippen molar-refractivity contribution in [2.75, 3.05) is 18.0 Å². The van der Waals surface area contributed by atoms with Crippen LogP contribution in [0.2, 0.25) is 0 Å². The highest BCUT2D eigenvalue weighted by molar-refractivity contribution is 5.93. The number of benzene rings is 1. The smallest absolute Gasteiger partial charge is 0.322 e. The Morgan fingerprint density at radius 3 is 2.95 bits per heavy atom. The fraction of sp³-hybridized carbons (Fsp3) is 0.211. The molecule has 2 amide bonds. The summed E-state index contributed by atoms with van der Waals surface area (Å²) in [5.41, 5.74) is 3.33. The van der Waals surface area contributed by atoms with Crippen LogP contribution in [-0.4, -0.2) is 19.1 Å². The van der Waals surface area contributed by atoms with Crippen molar-refractivity contribution in [3.05, 3.63) is 66.3 Å². The number of carbonyl (C=O) groups is 1. The van der Waals surface area contributed by atoms with Gasteiger partial charge in [0.15, 0.2) is 0 Å². The number of rotatable bonds is 3. The van der Waals surface area contributed by atoms with Crippen molar-refractivity contribution < 1.29 is 4.79 Å². The summed E-state index contributed by atoms with van der Waals surface area (Å²) >= 11 is 0. The summed E-state index contributed by atoms with van der Waals surface area (Å²) in [5, 5.41) is 2.75. The number of anilines is 1. The van der Waals surface area contributed by atoms with Gasteiger partial charge < -0.3 is 5.32 Å². The molecule has 0 unspecified atom stereocenters. The Kier molecular flexibility index (Phi) is 5.62. The van der Waals surface area contributed by atoms with Crippen LogP contribution in [0.3, 0.4) is 0 Å². The minimum absolute atomic E-state index is 0.161. The highest BCUT2D eigenvalue weighted by atomic mass is 16.2. The van der Waals surface area contributed by atoms with Crippen molar-refractivity contribution in [3.8, 4) is 12.3 Å². The number of amides is 2. The highest BCUT2D eigenvalue weighted by Crippen LogP contribution is 2.28. The van der Waals surface area contributed by atoms with Gasteiger partial charge in [0.1, 0.15) is 0 Å². The minimum Gasteiger partial charge on any atom is -0.327 e. The number of para-hydroxylation sites is 1. The van der Waals surface area contributed by atoms with E-state index in [9.17, 15) is 4.79 Å². The molecule has 0 aromatic heterocycles. The van der Waals surface area contributed by atoms with Gasteiger partial charge >= 0.3 is 6.03 Å². The Morgan fingerprint density at radius 1 is 1.36 bits per heavy atom. The average Bonchev–Trinajstić information content (AvgIpc) is 2.73. The third kappa shape index (κ3) is 3.89. The maximum Gasteiger partial charge on any atom is 0.322 e. The average molecular weight is 292 g/mol. The number of allylic oxidation sites excluding steroid dienone is 4. The van der Waals surface area contributed by atoms with Gasteiger partial charge in [-0.15, -0.1) is 6.42 Å². The molecule has 112 valence electrons. The molecule has 1 aliphatic heterocycles. The van der Waals surface area contributed by atoms with Crippen LogP contribution in [-0.2, 0) is 6.42 Å². The number of hydrogen-bond donors (Lipinski definition) is 1. The fourth-order valence-corrected chi connectivity index (χ4v) is 2.46. The predicted molar refractivity (Wildman–Crippen MR) is 91.8 cm³/mol. The second-order valence-corrected chi connectivity index (χ2v) is 5.02. The molecule has 0 saturated carbocycles. The minimum atomic E-state index is -0.161. The molecular weight excluding hydrogens is 272 g/mol. The van der Waals surface area contributed by atoms with Crippen LogP contribution < -0.4 is 10.2 Å². The lowest BCUT2D eigenvalue weighted by Crippen LogP contribution is -2.41. The topological polar surface area (TPSA) is 32.3 Å². The van der Waals surface area contributed by atoms with E-state index in [4.69, 9.17) is 6.42 Å². The van der Waals surface area contributed by atoms with Crippen LogP contribution in [0.5, 0.6) is 0 Å². The number of urea groups is 1. The number of fused-ring (bicyclic) bond motifs is 1. The molecule has 3 heteroatoms. The zero-order valence-corrected chi connectivity index (χ0v) is 12.6. The Hall–Kier alpha value is -2.73. The lowest BCUT2D eigenvalue weighted by molar-refractivity contribution is 0.248. The summed E-state index contributed by atoms with van der Waals surface area (Å²) in [5.74, 6) is 2.43. The van der Waals surface area contributed by atoms with Crippen LogP contribution in [0.4, 0.5) is 10.5 Å². The number of nitrogens with zero attached hydrogens (tertiary/aromatic N) is 1. The first-order valence-electron chi connectivity index (χ1n) is 7.30. The number of terminal acetylenes is 1. The van der Waals surface area contributed by atoms with Gasteiger partial charge in [-0.2, -0.15) is 0 Å². The van der Waals surface area contributed by atoms with Gasteiger partial charge in [0.25, 0.3) is 0 Å². The maximum absolute atomic E-state index is 12.4. The SMILES string of the molecule is C#CCNC(=O)N1C/C(=C\C=C/C=C)CCc2ccccc21. The molecule has 1 aromatic rings. The zero-order valence-electron chi connectivity index (χ0n) is 12.6. The van der Waals surface area contributed by atoms with Gasteiger partial charge in [0.05, 0.1) is 6.54 Å². The van der Waals surface area contributed by atoms with E-state index in [1.54, 1.807) is 11.0 Å². The van der Waals surface area contributed by atoms with Crippen molar-refractivity contribution in [2.24, 2.45) is 0 Å². The molecule has 2 rings (SSSR count). The predicted octanol–water partition coefficient (Wildman–Crippen LogP) is 3.45. The molecule has 1 heterocycles. The van der Waals surface area contributed by atoms with E-state index < -0.39 is 0 Å². The Balaban J connectivity index is 2.30. The van der Waals surface area contributed by atoms with Gasteiger partial charge in [-0.3, -0.25) is 4.90 Å². The van der Waals surface area contributed by atoms with Crippen LogP contribution in [0.25, 0.3) is 0 Å². The van der Waals surface area contributed by atoms with E-state index in [1.807, 2.05) is 30.4 Å². The van der Waals surface area contributed by atoms with Crippen molar-refractivity contribution in [3.63, 3.8) is 0 Å². The molecular formula is C19H20N2O. The lowest BCUT2D eigenvalue weighted by atomic mass is 10.1. The summed E-state index contributed by atoms with van der Waals surface area (Å²) in [4.78, 5) is 14.2. The number of nitrogens with one attached hydrogen (secondary N) is 1. The monoisotopic (exact) mass is 292 g/mol. The van der Waals surface area contributed by atoms with E-state index in [0.29, 0.717) is 6.54 Å². The summed E-state index contributed by atoms with van der Waals surface area (Å²) in [6.07, 6.45) is 14.7. The molecule has 1 aromatic carbocycles. The largest absolute Gasteiger partial charge is 0.327 e. The first-order chi connectivity index (χ1) is 10.8. The van der Waals surface area contributed by atoms with E-state index in [-0.39, 0.29) is 12.6 Å². The van der Waals surface area contributed by atoms with Gasteiger partial charge in [0, 0.05) is 12.2 Å². The van der Waals surface area contributed by atoms with Gasteiger partial charge in [0.2, 0.25) is 0 Å². The van der Waals surface area contributed by atoms with E-state index in [2.05, 4.69) is 30.0 Å². The molecule has 1 N–H and O–H groups in total. The summed E-state index contributed by atoms with van der Waals surface area (Å²) < 4.78 is 0. The second kappa shape index (κ2) is 7.90. The zero-order chi connectivity index (χ0) is 15.8. The standard InChI is InChI=1S/C19H20N2O/c1-3-5-6-9-16-12-13-17-10-7-8-11-18(17)21(15-16)19(22)20-14-4-2/h2-3,5-11H,1,12-15H2,(H,20,22)/b6-5-,16-9-. The fourth-order valence-electron chi connectivity index (χ4n) is 2.46. The van der Waals surface area contributed by atoms with Crippen LogP contribution in [0.15, 0.2) is 60.7 Å². The molecule has 0 fully saturated rings. The van der Waals surface area contributed by atoms with Crippen molar-refractivity contribution in [1.82, 2.24) is 5.32 Å². The third-order valence-electron chi connectivity index (χ3n) is 3.53. The molecule has 0 aliphatic carbocycles. The van der Waals surface area contributed by atoms with Gasteiger partial charge in [-0.1, -0.05) is 60.6 Å². The summed E-state index contributed by atoms with van der Waals surface area (Å²) in [6, 6.07) is 7.84. The van der Waals surface area contributed by atoms with E-state index in [0.717, 1.165) is 18.5 Å². The quantitative estimate of drug-likeness (QED) is 0.671. The van der Waals surface area contributed by atoms with Crippen LogP contribution >= 0.6 is 0 Å². The molecule has 0 atom stereocenters.